The molecule has 0 atom stereocenters. The van der Waals surface area contributed by atoms with Gasteiger partial charge in [-0.15, -0.1) is 0 Å². The number of hydrogen-bond donors (Lipinski definition) is 2. The zero-order chi connectivity index (χ0) is 24.0. The molecule has 0 bridgehead atoms. The van der Waals surface area contributed by atoms with E-state index in [4.69, 9.17) is 25.8 Å². The quantitative estimate of drug-likeness (QED) is 0.458. The highest BCUT2D eigenvalue weighted by Gasteiger charge is 2.17. The van der Waals surface area contributed by atoms with Crippen LogP contribution in [0.25, 0.3) is 0 Å². The Hall–Kier alpha value is -3.43. The van der Waals surface area contributed by atoms with Crippen LogP contribution in [0.3, 0.4) is 0 Å². The fraction of sp³-hybridized carbons (Fsp3) is 0.174. The fourth-order valence-corrected chi connectivity index (χ4v) is 4.22. The van der Waals surface area contributed by atoms with Crippen molar-refractivity contribution in [3.63, 3.8) is 0 Å². The average molecular weight is 491 g/mol. The van der Waals surface area contributed by atoms with Gasteiger partial charge in [0.2, 0.25) is 0 Å². The Kier molecular flexibility index (Phi) is 7.67. The molecule has 0 radical (unpaired) electrons. The lowest BCUT2D eigenvalue weighted by atomic mass is 10.2. The summed E-state index contributed by atoms with van der Waals surface area (Å²) in [4.78, 5) is 12.3. The number of rotatable bonds is 9. The number of ether oxygens (including phenoxy) is 3. The average Bonchev–Trinajstić information content (AvgIpc) is 2.79. The Balaban J connectivity index is 1.64. The van der Waals surface area contributed by atoms with E-state index >= 15 is 0 Å². The number of sulfonamides is 1. The van der Waals surface area contributed by atoms with Gasteiger partial charge in [0, 0.05) is 11.8 Å². The molecule has 0 aromatic heterocycles. The van der Waals surface area contributed by atoms with Gasteiger partial charge in [0.25, 0.3) is 15.9 Å². The third-order valence-corrected chi connectivity index (χ3v) is 6.23. The van der Waals surface area contributed by atoms with E-state index in [0.29, 0.717) is 22.9 Å². The minimum atomic E-state index is -3.84. The molecule has 3 aromatic carbocycles. The molecule has 0 aliphatic rings. The summed E-state index contributed by atoms with van der Waals surface area (Å²) in [6.07, 6.45) is 0. The first-order chi connectivity index (χ1) is 15.7. The molecule has 33 heavy (non-hydrogen) atoms. The molecule has 3 rings (SSSR count). The van der Waals surface area contributed by atoms with Crippen LogP contribution in [-0.2, 0) is 14.8 Å². The lowest BCUT2D eigenvalue weighted by Gasteiger charge is -2.13. The Morgan fingerprint density at radius 2 is 1.67 bits per heavy atom. The van der Waals surface area contributed by atoms with E-state index in [1.54, 1.807) is 42.5 Å². The smallest absolute Gasteiger partial charge is 0.262 e. The number of methoxy groups -OCH3 is 2. The fourth-order valence-electron chi connectivity index (χ4n) is 2.83. The molecule has 0 unspecified atom stereocenters. The molecular weight excluding hydrogens is 468 g/mol. The van der Waals surface area contributed by atoms with Gasteiger partial charge in [-0.3, -0.25) is 9.52 Å². The Labute approximate surface area is 197 Å². The van der Waals surface area contributed by atoms with Crippen LogP contribution >= 0.6 is 11.6 Å². The van der Waals surface area contributed by atoms with Crippen LogP contribution < -0.4 is 24.2 Å². The van der Waals surface area contributed by atoms with Crippen LogP contribution in [0.2, 0.25) is 5.02 Å². The molecule has 0 heterocycles. The van der Waals surface area contributed by atoms with E-state index in [1.807, 2.05) is 6.92 Å². The molecule has 10 heteroatoms. The second-order valence-corrected chi connectivity index (χ2v) is 9.06. The normalized spacial score (nSPS) is 10.9. The lowest BCUT2D eigenvalue weighted by molar-refractivity contribution is -0.118. The highest BCUT2D eigenvalue weighted by molar-refractivity contribution is 7.92. The summed E-state index contributed by atoms with van der Waals surface area (Å²) in [5.74, 6) is 0.728. The zero-order valence-electron chi connectivity index (χ0n) is 18.2. The largest absolute Gasteiger partial charge is 0.497 e. The number of amides is 1. The minimum absolute atomic E-state index is 0.0344. The van der Waals surface area contributed by atoms with Crippen molar-refractivity contribution in [3.05, 3.63) is 71.2 Å². The second kappa shape index (κ2) is 10.5. The van der Waals surface area contributed by atoms with Gasteiger partial charge in [-0.25, -0.2) is 8.42 Å². The van der Waals surface area contributed by atoms with Crippen molar-refractivity contribution in [1.29, 1.82) is 0 Å². The SMILES string of the molecule is COc1ccc(NC(=O)COc2ccc(S(=O)(=O)Nc3ccc(C)cc3)cc2Cl)c(OC)c1. The van der Waals surface area contributed by atoms with Crippen LogP contribution in [0.5, 0.6) is 17.2 Å². The van der Waals surface area contributed by atoms with Gasteiger partial charge in [0.05, 0.1) is 29.8 Å². The predicted octanol–water partition coefficient (Wildman–Crippen LogP) is 4.48. The number of benzene rings is 3. The maximum Gasteiger partial charge on any atom is 0.262 e. The Morgan fingerprint density at radius 1 is 0.939 bits per heavy atom. The van der Waals surface area contributed by atoms with Crippen LogP contribution in [-0.4, -0.2) is 35.2 Å². The van der Waals surface area contributed by atoms with Crippen LogP contribution in [0.4, 0.5) is 11.4 Å². The van der Waals surface area contributed by atoms with Crippen molar-refractivity contribution >= 4 is 38.9 Å². The minimum Gasteiger partial charge on any atom is -0.497 e. The third-order valence-electron chi connectivity index (χ3n) is 4.56. The molecule has 3 aromatic rings. The van der Waals surface area contributed by atoms with Crippen molar-refractivity contribution in [2.45, 2.75) is 11.8 Å². The van der Waals surface area contributed by atoms with E-state index in [0.717, 1.165) is 5.56 Å². The molecule has 1 amide bonds. The van der Waals surface area contributed by atoms with E-state index in [-0.39, 0.29) is 22.3 Å². The topological polar surface area (TPSA) is 103 Å². The Bertz CT molecular complexity index is 1250. The van der Waals surface area contributed by atoms with Gasteiger partial charge in [-0.05, 0) is 49.4 Å². The van der Waals surface area contributed by atoms with Gasteiger partial charge in [0.1, 0.15) is 17.2 Å². The van der Waals surface area contributed by atoms with Crippen LogP contribution in [0, 0.1) is 6.92 Å². The van der Waals surface area contributed by atoms with Gasteiger partial charge in [0.15, 0.2) is 6.61 Å². The Morgan fingerprint density at radius 3 is 2.30 bits per heavy atom. The molecule has 174 valence electrons. The number of carbonyl (C=O) groups is 1. The van der Waals surface area contributed by atoms with Gasteiger partial charge in [-0.2, -0.15) is 0 Å². The maximum atomic E-state index is 12.6. The van der Waals surface area contributed by atoms with Crippen LogP contribution in [0.15, 0.2) is 65.6 Å². The standard InChI is InChI=1S/C23H23ClN2O6S/c1-15-4-6-16(7-5-15)26-33(28,29)18-9-11-21(19(24)13-18)32-14-23(27)25-20-10-8-17(30-2)12-22(20)31-3/h4-13,26H,14H2,1-3H3,(H,25,27). The zero-order valence-corrected chi connectivity index (χ0v) is 19.8. The second-order valence-electron chi connectivity index (χ2n) is 6.97. The third kappa shape index (κ3) is 6.30. The summed E-state index contributed by atoms with van der Waals surface area (Å²) < 4.78 is 43.6. The number of halogens is 1. The highest BCUT2D eigenvalue weighted by atomic mass is 35.5. The maximum absolute atomic E-state index is 12.6. The first kappa shape index (κ1) is 24.2. The van der Waals surface area contributed by atoms with Gasteiger partial charge < -0.3 is 19.5 Å². The molecular formula is C23H23ClN2O6S. The summed E-state index contributed by atoms with van der Waals surface area (Å²) in [5, 5.41) is 2.73. The summed E-state index contributed by atoms with van der Waals surface area (Å²) in [6, 6.07) is 15.9. The lowest BCUT2D eigenvalue weighted by Crippen LogP contribution is -2.20. The highest BCUT2D eigenvalue weighted by Crippen LogP contribution is 2.30. The number of anilines is 2. The molecule has 8 nitrogen and oxygen atoms in total. The van der Waals surface area contributed by atoms with Crippen molar-refractivity contribution in [3.8, 4) is 17.2 Å². The van der Waals surface area contributed by atoms with Crippen molar-refractivity contribution < 1.29 is 27.4 Å². The summed E-state index contributed by atoms with van der Waals surface area (Å²) in [6.45, 7) is 1.56. The van der Waals surface area contributed by atoms with Gasteiger partial charge >= 0.3 is 0 Å². The summed E-state index contributed by atoms with van der Waals surface area (Å²) in [5.41, 5.74) is 1.89. The molecule has 0 saturated carbocycles. The first-order valence-electron chi connectivity index (χ1n) is 9.75. The summed E-state index contributed by atoms with van der Waals surface area (Å²) in [7, 11) is -0.841. The predicted molar refractivity (Wildman–Crippen MR) is 127 cm³/mol. The first-order valence-corrected chi connectivity index (χ1v) is 11.6. The number of carbonyl (C=O) groups excluding carboxylic acids is 1. The van der Waals surface area contributed by atoms with Gasteiger partial charge in [-0.1, -0.05) is 29.3 Å². The van der Waals surface area contributed by atoms with E-state index < -0.39 is 15.9 Å². The molecule has 2 N–H and O–H groups in total. The number of hydrogen-bond acceptors (Lipinski definition) is 6. The van der Waals surface area contributed by atoms with Crippen molar-refractivity contribution in [1.82, 2.24) is 0 Å². The van der Waals surface area contributed by atoms with Crippen molar-refractivity contribution in [2.75, 3.05) is 30.9 Å². The molecule has 0 aliphatic heterocycles. The molecule has 0 aliphatic carbocycles. The van der Waals surface area contributed by atoms with E-state index in [1.165, 1.54) is 32.4 Å². The number of nitrogens with one attached hydrogen (secondary N) is 2. The van der Waals surface area contributed by atoms with Crippen molar-refractivity contribution in [2.24, 2.45) is 0 Å². The molecule has 0 fully saturated rings. The summed E-state index contributed by atoms with van der Waals surface area (Å²) >= 11 is 6.20. The van der Waals surface area contributed by atoms with Crippen LogP contribution in [0.1, 0.15) is 5.56 Å². The molecule has 0 spiro atoms. The molecule has 0 saturated heterocycles. The van der Waals surface area contributed by atoms with E-state index in [2.05, 4.69) is 10.0 Å². The number of aryl methyl sites for hydroxylation is 1. The van der Waals surface area contributed by atoms with E-state index in [9.17, 15) is 13.2 Å². The monoisotopic (exact) mass is 490 g/mol.